The van der Waals surface area contributed by atoms with Crippen LogP contribution in [0.5, 0.6) is 0 Å². The van der Waals surface area contributed by atoms with Crippen LogP contribution in [0.2, 0.25) is 0 Å². The van der Waals surface area contributed by atoms with Gasteiger partial charge in [-0.05, 0) is 43.0 Å². The summed E-state index contributed by atoms with van der Waals surface area (Å²) in [4.78, 5) is 9.43. The van der Waals surface area contributed by atoms with Gasteiger partial charge in [-0.25, -0.2) is 0 Å². The summed E-state index contributed by atoms with van der Waals surface area (Å²) >= 11 is 0. The predicted molar refractivity (Wildman–Crippen MR) is 119 cm³/mol. The minimum absolute atomic E-state index is 0.593. The SMILES string of the molecule is Cc1cccc(N2CCN(c3cnnc(NCCc4ccccc4)n3)CC2)c1C. The van der Waals surface area contributed by atoms with Gasteiger partial charge in [-0.15, -0.1) is 5.10 Å². The van der Waals surface area contributed by atoms with Gasteiger partial charge < -0.3 is 15.1 Å². The molecule has 1 aliphatic rings. The molecule has 1 aromatic heterocycles. The van der Waals surface area contributed by atoms with Gasteiger partial charge in [0.05, 0.1) is 6.20 Å². The lowest BCUT2D eigenvalue weighted by Crippen LogP contribution is -2.47. The standard InChI is InChI=1S/C23H28N6/c1-18-7-6-10-21(19(18)2)28-13-15-29(16-14-28)22-17-25-27-23(26-22)24-12-11-20-8-4-3-5-9-20/h3-10,17H,11-16H2,1-2H3,(H,24,26,27). The number of hydrogen-bond acceptors (Lipinski definition) is 6. The molecule has 6 heteroatoms. The van der Waals surface area contributed by atoms with E-state index in [0.29, 0.717) is 5.95 Å². The number of rotatable bonds is 6. The molecule has 1 saturated heterocycles. The molecule has 1 N–H and O–H groups in total. The van der Waals surface area contributed by atoms with Gasteiger partial charge in [0, 0.05) is 38.4 Å². The Morgan fingerprint density at radius 1 is 0.897 bits per heavy atom. The molecule has 0 aliphatic carbocycles. The van der Waals surface area contributed by atoms with Crippen LogP contribution in [0.4, 0.5) is 17.5 Å². The molecule has 29 heavy (non-hydrogen) atoms. The van der Waals surface area contributed by atoms with E-state index in [1.54, 1.807) is 6.20 Å². The lowest BCUT2D eigenvalue weighted by molar-refractivity contribution is 0.643. The number of benzene rings is 2. The van der Waals surface area contributed by atoms with E-state index in [1.165, 1.54) is 22.4 Å². The quantitative estimate of drug-likeness (QED) is 0.698. The molecule has 1 fully saturated rings. The van der Waals surface area contributed by atoms with Crippen molar-refractivity contribution >= 4 is 17.5 Å². The maximum Gasteiger partial charge on any atom is 0.244 e. The minimum atomic E-state index is 0.593. The summed E-state index contributed by atoms with van der Waals surface area (Å²) in [5.74, 6) is 1.48. The molecule has 0 radical (unpaired) electrons. The predicted octanol–water partition coefficient (Wildman–Crippen LogP) is 3.47. The minimum Gasteiger partial charge on any atom is -0.368 e. The van der Waals surface area contributed by atoms with Crippen molar-refractivity contribution < 1.29 is 0 Å². The molecule has 0 atom stereocenters. The first-order chi connectivity index (χ1) is 14.2. The van der Waals surface area contributed by atoms with Gasteiger partial charge in [0.15, 0.2) is 5.82 Å². The lowest BCUT2D eigenvalue weighted by Gasteiger charge is -2.37. The second-order valence-corrected chi connectivity index (χ2v) is 7.49. The molecular weight excluding hydrogens is 360 g/mol. The molecule has 150 valence electrons. The molecule has 3 aromatic rings. The van der Waals surface area contributed by atoms with E-state index < -0.39 is 0 Å². The van der Waals surface area contributed by atoms with Gasteiger partial charge in [-0.1, -0.05) is 42.5 Å². The van der Waals surface area contributed by atoms with Gasteiger partial charge in [-0.3, -0.25) is 0 Å². The summed E-state index contributed by atoms with van der Waals surface area (Å²) in [6, 6.07) is 17.0. The Bertz CT molecular complexity index is 935. The molecule has 0 amide bonds. The third kappa shape index (κ3) is 4.65. The first-order valence-corrected chi connectivity index (χ1v) is 10.2. The fraction of sp³-hybridized carbons (Fsp3) is 0.348. The van der Waals surface area contributed by atoms with Crippen LogP contribution in [0.25, 0.3) is 0 Å². The number of aryl methyl sites for hydroxylation is 1. The van der Waals surface area contributed by atoms with E-state index in [0.717, 1.165) is 45.0 Å². The topological polar surface area (TPSA) is 57.2 Å². The molecule has 2 aromatic carbocycles. The van der Waals surface area contributed by atoms with Crippen molar-refractivity contribution in [3.05, 3.63) is 71.4 Å². The van der Waals surface area contributed by atoms with Crippen molar-refractivity contribution in [2.24, 2.45) is 0 Å². The summed E-state index contributed by atoms with van der Waals surface area (Å²) in [5.41, 5.74) is 5.35. The molecular formula is C23H28N6. The zero-order valence-electron chi connectivity index (χ0n) is 17.2. The summed E-state index contributed by atoms with van der Waals surface area (Å²) in [6.45, 7) is 8.98. The van der Waals surface area contributed by atoms with Crippen molar-refractivity contribution in [3.8, 4) is 0 Å². The number of nitrogens with zero attached hydrogens (tertiary/aromatic N) is 5. The fourth-order valence-electron chi connectivity index (χ4n) is 3.74. The highest BCUT2D eigenvalue weighted by molar-refractivity contribution is 5.57. The van der Waals surface area contributed by atoms with Crippen LogP contribution >= 0.6 is 0 Å². The summed E-state index contributed by atoms with van der Waals surface area (Å²) in [6.07, 6.45) is 2.69. The largest absolute Gasteiger partial charge is 0.368 e. The van der Waals surface area contributed by atoms with E-state index in [9.17, 15) is 0 Å². The van der Waals surface area contributed by atoms with Gasteiger partial charge >= 0.3 is 0 Å². The Balaban J connectivity index is 1.34. The summed E-state index contributed by atoms with van der Waals surface area (Å²) in [5, 5.41) is 11.6. The third-order valence-corrected chi connectivity index (χ3v) is 5.61. The van der Waals surface area contributed by atoms with Crippen LogP contribution in [0, 0.1) is 13.8 Å². The van der Waals surface area contributed by atoms with Crippen LogP contribution in [-0.4, -0.2) is 47.9 Å². The second-order valence-electron chi connectivity index (χ2n) is 7.49. The first kappa shape index (κ1) is 19.2. The van der Waals surface area contributed by atoms with Crippen molar-refractivity contribution in [2.45, 2.75) is 20.3 Å². The van der Waals surface area contributed by atoms with Crippen molar-refractivity contribution in [2.75, 3.05) is 47.8 Å². The van der Waals surface area contributed by atoms with Gasteiger partial charge in [-0.2, -0.15) is 10.1 Å². The first-order valence-electron chi connectivity index (χ1n) is 10.2. The Morgan fingerprint density at radius 3 is 2.45 bits per heavy atom. The average Bonchev–Trinajstić information content (AvgIpc) is 2.77. The number of nitrogens with one attached hydrogen (secondary N) is 1. The zero-order chi connectivity index (χ0) is 20.1. The van der Waals surface area contributed by atoms with Gasteiger partial charge in [0.1, 0.15) is 0 Å². The summed E-state index contributed by atoms with van der Waals surface area (Å²) < 4.78 is 0. The molecule has 0 bridgehead atoms. The van der Waals surface area contributed by atoms with Crippen LogP contribution in [0.3, 0.4) is 0 Å². The Morgan fingerprint density at radius 2 is 1.66 bits per heavy atom. The highest BCUT2D eigenvalue weighted by Gasteiger charge is 2.20. The Kier molecular flexibility index (Phi) is 5.89. The highest BCUT2D eigenvalue weighted by Crippen LogP contribution is 2.24. The van der Waals surface area contributed by atoms with E-state index in [4.69, 9.17) is 0 Å². The highest BCUT2D eigenvalue weighted by atomic mass is 15.3. The molecule has 2 heterocycles. The normalized spacial score (nSPS) is 14.1. The molecule has 6 nitrogen and oxygen atoms in total. The number of piperazine rings is 1. The molecule has 0 unspecified atom stereocenters. The van der Waals surface area contributed by atoms with Crippen LogP contribution in [0.15, 0.2) is 54.7 Å². The lowest BCUT2D eigenvalue weighted by atomic mass is 10.1. The van der Waals surface area contributed by atoms with E-state index in [1.807, 2.05) is 6.07 Å². The van der Waals surface area contributed by atoms with E-state index in [-0.39, 0.29) is 0 Å². The Labute approximate surface area is 172 Å². The summed E-state index contributed by atoms with van der Waals surface area (Å²) in [7, 11) is 0. The van der Waals surface area contributed by atoms with E-state index >= 15 is 0 Å². The van der Waals surface area contributed by atoms with Crippen molar-refractivity contribution in [3.63, 3.8) is 0 Å². The van der Waals surface area contributed by atoms with Crippen molar-refractivity contribution in [1.82, 2.24) is 15.2 Å². The average molecular weight is 389 g/mol. The number of anilines is 3. The van der Waals surface area contributed by atoms with Gasteiger partial charge in [0.2, 0.25) is 5.95 Å². The molecule has 4 rings (SSSR count). The molecule has 0 spiro atoms. The van der Waals surface area contributed by atoms with E-state index in [2.05, 4.69) is 86.6 Å². The monoisotopic (exact) mass is 388 g/mol. The van der Waals surface area contributed by atoms with Crippen LogP contribution in [0.1, 0.15) is 16.7 Å². The Hall–Kier alpha value is -3.15. The van der Waals surface area contributed by atoms with Crippen molar-refractivity contribution in [1.29, 1.82) is 0 Å². The van der Waals surface area contributed by atoms with Crippen LogP contribution < -0.4 is 15.1 Å². The fourth-order valence-corrected chi connectivity index (χ4v) is 3.74. The number of aromatic nitrogens is 3. The zero-order valence-corrected chi connectivity index (χ0v) is 17.2. The maximum atomic E-state index is 4.68. The van der Waals surface area contributed by atoms with Crippen LogP contribution in [-0.2, 0) is 6.42 Å². The maximum absolute atomic E-state index is 4.68. The third-order valence-electron chi connectivity index (χ3n) is 5.61. The smallest absolute Gasteiger partial charge is 0.244 e. The van der Waals surface area contributed by atoms with Gasteiger partial charge in [0.25, 0.3) is 0 Å². The number of hydrogen-bond donors (Lipinski definition) is 1. The molecule has 0 saturated carbocycles. The molecule has 1 aliphatic heterocycles. The second kappa shape index (κ2) is 8.90.